The van der Waals surface area contributed by atoms with Crippen LogP contribution >= 0.6 is 0 Å². The monoisotopic (exact) mass is 381 g/mol. The molecule has 2 rings (SSSR count). The fourth-order valence-corrected chi connectivity index (χ4v) is 2.54. The summed E-state index contributed by atoms with van der Waals surface area (Å²) in [6.07, 6.45) is -5.63. The Balaban J connectivity index is 2.11. The minimum absolute atomic E-state index is 0.162. The molecule has 0 spiro atoms. The standard InChI is InChI=1S/C19H18F3NO4/c1-27-16(13-5-3-2-4-6-13)17(24)23-15(18(25)26)11-12-7-9-14(10-8-12)19(20,21)22/h2-10,15-16H,11H2,1H3,(H,23,24)(H,25,26)/t15-,16-/m1/s1. The van der Waals surface area contributed by atoms with Crippen molar-refractivity contribution in [2.75, 3.05) is 7.11 Å². The molecule has 0 aromatic heterocycles. The summed E-state index contributed by atoms with van der Waals surface area (Å²) in [4.78, 5) is 23.9. The smallest absolute Gasteiger partial charge is 0.416 e. The highest BCUT2D eigenvalue weighted by Crippen LogP contribution is 2.29. The quantitative estimate of drug-likeness (QED) is 0.772. The minimum Gasteiger partial charge on any atom is -0.480 e. The Morgan fingerprint density at radius 2 is 1.67 bits per heavy atom. The lowest BCUT2D eigenvalue weighted by molar-refractivity contribution is -0.144. The lowest BCUT2D eigenvalue weighted by Crippen LogP contribution is -2.44. The van der Waals surface area contributed by atoms with Crippen molar-refractivity contribution in [3.05, 3.63) is 71.3 Å². The summed E-state index contributed by atoms with van der Waals surface area (Å²) in [7, 11) is 1.32. The van der Waals surface area contributed by atoms with Crippen LogP contribution in [0.15, 0.2) is 54.6 Å². The highest BCUT2D eigenvalue weighted by Gasteiger charge is 2.30. The van der Waals surface area contributed by atoms with Crippen molar-refractivity contribution in [1.29, 1.82) is 0 Å². The molecule has 0 saturated carbocycles. The van der Waals surface area contributed by atoms with E-state index in [0.29, 0.717) is 11.1 Å². The van der Waals surface area contributed by atoms with Crippen molar-refractivity contribution in [3.63, 3.8) is 0 Å². The summed E-state index contributed by atoms with van der Waals surface area (Å²) in [6, 6.07) is 11.3. The number of hydrogen-bond donors (Lipinski definition) is 2. The molecule has 2 aromatic carbocycles. The number of halogens is 3. The number of aliphatic carboxylic acids is 1. The van der Waals surface area contributed by atoms with Gasteiger partial charge in [0.1, 0.15) is 6.04 Å². The lowest BCUT2D eigenvalue weighted by atomic mass is 10.0. The number of carbonyl (C=O) groups is 2. The molecule has 2 aromatic rings. The number of carboxylic acid groups (broad SMARTS) is 1. The van der Waals surface area contributed by atoms with Gasteiger partial charge in [0.05, 0.1) is 5.56 Å². The molecule has 0 unspecified atom stereocenters. The largest absolute Gasteiger partial charge is 0.480 e. The molecular formula is C19H18F3NO4. The molecule has 27 heavy (non-hydrogen) atoms. The number of nitrogens with one attached hydrogen (secondary N) is 1. The predicted molar refractivity (Wildman–Crippen MR) is 90.9 cm³/mol. The van der Waals surface area contributed by atoms with Gasteiger partial charge in [0.25, 0.3) is 5.91 Å². The molecule has 0 saturated heterocycles. The third-order valence-electron chi connectivity index (χ3n) is 3.91. The van der Waals surface area contributed by atoms with Gasteiger partial charge in [-0.1, -0.05) is 42.5 Å². The first-order valence-corrected chi connectivity index (χ1v) is 7.99. The van der Waals surface area contributed by atoms with Crippen LogP contribution in [0.2, 0.25) is 0 Å². The molecule has 144 valence electrons. The van der Waals surface area contributed by atoms with E-state index in [-0.39, 0.29) is 6.42 Å². The van der Waals surface area contributed by atoms with E-state index in [1.54, 1.807) is 30.3 Å². The van der Waals surface area contributed by atoms with Crippen LogP contribution in [0.1, 0.15) is 22.8 Å². The van der Waals surface area contributed by atoms with Crippen LogP contribution < -0.4 is 5.32 Å². The van der Waals surface area contributed by atoms with Crippen molar-refractivity contribution in [2.24, 2.45) is 0 Å². The molecule has 5 nitrogen and oxygen atoms in total. The van der Waals surface area contributed by atoms with Gasteiger partial charge in [-0.3, -0.25) is 4.79 Å². The van der Waals surface area contributed by atoms with Gasteiger partial charge in [0.2, 0.25) is 0 Å². The van der Waals surface area contributed by atoms with Gasteiger partial charge < -0.3 is 15.2 Å². The Morgan fingerprint density at radius 1 is 1.07 bits per heavy atom. The van der Waals surface area contributed by atoms with E-state index in [4.69, 9.17) is 4.74 Å². The summed E-state index contributed by atoms with van der Waals surface area (Å²) in [5.41, 5.74) is 0.0752. The van der Waals surface area contributed by atoms with Crippen LogP contribution in [-0.4, -0.2) is 30.1 Å². The first-order chi connectivity index (χ1) is 12.7. The van der Waals surface area contributed by atoms with E-state index in [1.807, 2.05) is 0 Å². The Hall–Kier alpha value is -2.87. The molecular weight excluding hydrogens is 363 g/mol. The van der Waals surface area contributed by atoms with Gasteiger partial charge in [-0.15, -0.1) is 0 Å². The summed E-state index contributed by atoms with van der Waals surface area (Å²) < 4.78 is 43.0. The van der Waals surface area contributed by atoms with Crippen LogP contribution in [0.25, 0.3) is 0 Å². The number of carboxylic acids is 1. The first kappa shape index (κ1) is 20.4. The zero-order valence-electron chi connectivity index (χ0n) is 14.4. The van der Waals surface area contributed by atoms with Crippen LogP contribution in [0.5, 0.6) is 0 Å². The zero-order valence-corrected chi connectivity index (χ0v) is 14.4. The molecule has 2 atom stereocenters. The fraction of sp³-hybridized carbons (Fsp3) is 0.263. The number of carbonyl (C=O) groups excluding carboxylic acids is 1. The lowest BCUT2D eigenvalue weighted by Gasteiger charge is -2.20. The second kappa shape index (κ2) is 8.68. The molecule has 0 aliphatic carbocycles. The number of alkyl halides is 3. The normalized spacial score (nSPS) is 13.6. The number of benzene rings is 2. The Kier molecular flexibility index (Phi) is 6.57. The summed E-state index contributed by atoms with van der Waals surface area (Å²) in [5.74, 6) is -1.95. The predicted octanol–water partition coefficient (Wildman–Crippen LogP) is 3.21. The van der Waals surface area contributed by atoms with E-state index >= 15 is 0 Å². The average molecular weight is 381 g/mol. The van der Waals surface area contributed by atoms with Gasteiger partial charge in [0.15, 0.2) is 6.10 Å². The first-order valence-electron chi connectivity index (χ1n) is 7.99. The maximum absolute atomic E-state index is 12.6. The summed E-state index contributed by atoms with van der Waals surface area (Å²) >= 11 is 0. The van der Waals surface area contributed by atoms with Gasteiger partial charge in [0, 0.05) is 13.5 Å². The van der Waals surface area contributed by atoms with Crippen molar-refractivity contribution in [1.82, 2.24) is 5.32 Å². The highest BCUT2D eigenvalue weighted by atomic mass is 19.4. The third-order valence-corrected chi connectivity index (χ3v) is 3.91. The molecule has 0 radical (unpaired) electrons. The van der Waals surface area contributed by atoms with Gasteiger partial charge >= 0.3 is 12.1 Å². The van der Waals surface area contributed by atoms with E-state index < -0.39 is 35.8 Å². The molecule has 0 fully saturated rings. The highest BCUT2D eigenvalue weighted by molar-refractivity contribution is 5.87. The molecule has 0 aliphatic rings. The number of hydrogen-bond acceptors (Lipinski definition) is 3. The number of ether oxygens (including phenoxy) is 1. The Labute approximate surface area is 153 Å². The summed E-state index contributed by atoms with van der Waals surface area (Å²) in [5, 5.41) is 11.7. The molecule has 1 amide bonds. The molecule has 8 heteroatoms. The van der Waals surface area contributed by atoms with Crippen LogP contribution in [-0.2, 0) is 26.9 Å². The van der Waals surface area contributed by atoms with Gasteiger partial charge in [-0.05, 0) is 23.3 Å². The molecule has 2 N–H and O–H groups in total. The average Bonchev–Trinajstić information content (AvgIpc) is 2.62. The van der Waals surface area contributed by atoms with E-state index in [2.05, 4.69) is 5.32 Å². The Morgan fingerprint density at radius 3 is 2.15 bits per heavy atom. The van der Waals surface area contributed by atoms with Crippen molar-refractivity contribution in [3.8, 4) is 0 Å². The zero-order chi connectivity index (χ0) is 20.0. The van der Waals surface area contributed by atoms with Crippen molar-refractivity contribution >= 4 is 11.9 Å². The topological polar surface area (TPSA) is 75.6 Å². The van der Waals surface area contributed by atoms with Crippen LogP contribution in [0.3, 0.4) is 0 Å². The molecule has 0 heterocycles. The number of methoxy groups -OCH3 is 1. The van der Waals surface area contributed by atoms with Crippen molar-refractivity contribution < 1.29 is 32.6 Å². The minimum atomic E-state index is -4.47. The SMILES string of the molecule is CO[C@@H](C(=O)N[C@H](Cc1ccc(C(F)(F)F)cc1)C(=O)O)c1ccccc1. The van der Waals surface area contributed by atoms with Gasteiger partial charge in [-0.2, -0.15) is 13.2 Å². The molecule has 0 bridgehead atoms. The number of rotatable bonds is 7. The second-order valence-corrected chi connectivity index (χ2v) is 5.82. The molecule has 0 aliphatic heterocycles. The van der Waals surface area contributed by atoms with E-state index in [9.17, 15) is 27.9 Å². The second-order valence-electron chi connectivity index (χ2n) is 5.82. The van der Waals surface area contributed by atoms with Gasteiger partial charge in [-0.25, -0.2) is 4.79 Å². The fourth-order valence-electron chi connectivity index (χ4n) is 2.54. The van der Waals surface area contributed by atoms with Crippen LogP contribution in [0.4, 0.5) is 13.2 Å². The van der Waals surface area contributed by atoms with Crippen LogP contribution in [0, 0.1) is 0 Å². The Bertz CT molecular complexity index is 776. The number of amides is 1. The van der Waals surface area contributed by atoms with E-state index in [0.717, 1.165) is 12.1 Å². The van der Waals surface area contributed by atoms with Crippen molar-refractivity contribution in [2.45, 2.75) is 24.7 Å². The maximum atomic E-state index is 12.6. The van der Waals surface area contributed by atoms with E-state index in [1.165, 1.54) is 19.2 Å². The maximum Gasteiger partial charge on any atom is 0.416 e. The third kappa shape index (κ3) is 5.55. The summed E-state index contributed by atoms with van der Waals surface area (Å²) in [6.45, 7) is 0.